The fraction of sp³-hybridized carbons (Fsp3) is 0. The highest BCUT2D eigenvalue weighted by Gasteiger charge is 2.42. The number of aromatic nitrogens is 2. The highest BCUT2D eigenvalue weighted by Crippen LogP contribution is 2.50. The molecule has 0 fully saturated rings. The van der Waals surface area contributed by atoms with Gasteiger partial charge in [0.2, 0.25) is 0 Å². The largest absolute Gasteiger partial charge is 0.456 e. The Hall–Kier alpha value is -10.9. The van der Waals surface area contributed by atoms with Gasteiger partial charge in [0, 0.05) is 70.8 Å². The van der Waals surface area contributed by atoms with E-state index in [4.69, 9.17) is 8.83 Å². The molecule has 6 heterocycles. The third-order valence-corrected chi connectivity index (χ3v) is 19.4. The molecule has 0 N–H and O–H groups in total. The third-order valence-electron chi connectivity index (χ3n) is 19.4. The topological polar surface area (TPSA) is 36.1 Å². The van der Waals surface area contributed by atoms with Crippen molar-refractivity contribution in [2.75, 3.05) is 0 Å². The Balaban J connectivity index is 0.970. The van der Waals surface area contributed by atoms with Crippen LogP contribution >= 0.6 is 0 Å². The van der Waals surface area contributed by atoms with Gasteiger partial charge in [-0.05, 0) is 153 Å². The van der Waals surface area contributed by atoms with E-state index in [1.54, 1.807) is 0 Å². The van der Waals surface area contributed by atoms with Gasteiger partial charge < -0.3 is 18.0 Å². The molecule has 15 aromatic carbocycles. The zero-order chi connectivity index (χ0) is 53.5. The summed E-state index contributed by atoms with van der Waals surface area (Å²) in [4.78, 5) is 0. The Bertz CT molecular complexity index is 6230. The molecule has 0 amide bonds. The van der Waals surface area contributed by atoms with Crippen molar-refractivity contribution >= 4 is 175 Å². The van der Waals surface area contributed by atoms with E-state index in [-0.39, 0.29) is 6.71 Å². The standard InChI is InChI=1S/C78H41BN2O2/c1-3-20-50-46(16-1)48-18-5-7-22-52(48)72-54(50)35-37-63-74(72)75-73-53-23-8-6-19-49(53)47-17-2-4-21-51(47)58(73)41-61-78(75)81(63)65-29-15-28-64-76(65)79(61)60-40-43(45-27-14-33-69-71(45)56-25-10-12-31-67(56)83-69)39-59-57-38-42(34-36-62(57)80(64)77(59)60)44-26-13-32-68-70(44)55-24-9-11-30-66(55)82-68/h1-41H. The predicted octanol–water partition coefficient (Wildman–Crippen LogP) is 19.1. The van der Waals surface area contributed by atoms with Gasteiger partial charge in [0.05, 0.1) is 16.6 Å². The van der Waals surface area contributed by atoms with E-state index in [1.165, 1.54) is 142 Å². The number of furan rings is 2. The van der Waals surface area contributed by atoms with Crippen molar-refractivity contribution in [3.63, 3.8) is 0 Å². The van der Waals surface area contributed by atoms with Crippen molar-refractivity contribution in [1.82, 2.24) is 9.13 Å². The first-order valence-electron chi connectivity index (χ1n) is 28.9. The normalized spacial score (nSPS) is 13.0. The molecule has 2 aliphatic rings. The van der Waals surface area contributed by atoms with E-state index in [1.807, 2.05) is 0 Å². The van der Waals surface area contributed by atoms with Crippen LogP contribution in [0.2, 0.25) is 0 Å². The van der Waals surface area contributed by atoms with Crippen LogP contribution in [0.3, 0.4) is 0 Å². The Morgan fingerprint density at radius 3 is 1.31 bits per heavy atom. The number of nitrogens with zero attached hydrogens (tertiary/aromatic N) is 2. The van der Waals surface area contributed by atoms with Crippen LogP contribution in [0.4, 0.5) is 0 Å². The molecule has 0 unspecified atom stereocenters. The molecule has 4 aromatic heterocycles. The Labute approximate surface area is 472 Å². The molecule has 21 rings (SSSR count). The molecule has 0 bridgehead atoms. The molecule has 0 spiro atoms. The first kappa shape index (κ1) is 43.0. The summed E-state index contributed by atoms with van der Waals surface area (Å²) >= 11 is 0. The number of para-hydroxylation sites is 2. The molecular formula is C78H41BN2O2. The van der Waals surface area contributed by atoms with Gasteiger partial charge in [0.25, 0.3) is 6.71 Å². The van der Waals surface area contributed by atoms with Crippen molar-refractivity contribution in [1.29, 1.82) is 0 Å². The van der Waals surface area contributed by atoms with Crippen LogP contribution in [0.25, 0.3) is 186 Å². The summed E-state index contributed by atoms with van der Waals surface area (Å²) in [5.74, 6) is 0. The summed E-state index contributed by atoms with van der Waals surface area (Å²) in [5, 5.41) is 24.9. The van der Waals surface area contributed by atoms with Gasteiger partial charge in [0.1, 0.15) is 22.3 Å². The highest BCUT2D eigenvalue weighted by atomic mass is 16.3. The summed E-state index contributed by atoms with van der Waals surface area (Å²) in [6.07, 6.45) is 0. The second kappa shape index (κ2) is 15.1. The number of fused-ring (bicyclic) bond motifs is 30. The van der Waals surface area contributed by atoms with E-state index >= 15 is 0 Å². The number of benzene rings is 15. The predicted molar refractivity (Wildman–Crippen MR) is 350 cm³/mol. The minimum absolute atomic E-state index is 0.135. The van der Waals surface area contributed by atoms with Crippen LogP contribution in [0.5, 0.6) is 0 Å². The summed E-state index contributed by atoms with van der Waals surface area (Å²) in [6.45, 7) is -0.135. The maximum atomic E-state index is 6.66. The zero-order valence-corrected chi connectivity index (χ0v) is 44.5. The van der Waals surface area contributed by atoms with Crippen LogP contribution in [-0.2, 0) is 0 Å². The number of hydrogen-bond acceptors (Lipinski definition) is 2. The Morgan fingerprint density at radius 2 is 0.699 bits per heavy atom. The lowest BCUT2D eigenvalue weighted by molar-refractivity contribution is 0.668. The van der Waals surface area contributed by atoms with Crippen LogP contribution in [-0.4, -0.2) is 15.8 Å². The summed E-state index contributed by atoms with van der Waals surface area (Å²) < 4.78 is 18.4. The van der Waals surface area contributed by atoms with Crippen LogP contribution in [0, 0.1) is 0 Å². The fourth-order valence-electron chi connectivity index (χ4n) is 16.3. The van der Waals surface area contributed by atoms with Crippen LogP contribution in [0.15, 0.2) is 258 Å². The molecule has 83 heavy (non-hydrogen) atoms. The van der Waals surface area contributed by atoms with Gasteiger partial charge in [0.15, 0.2) is 0 Å². The van der Waals surface area contributed by atoms with E-state index < -0.39 is 0 Å². The van der Waals surface area contributed by atoms with Gasteiger partial charge in [-0.1, -0.05) is 188 Å². The molecule has 5 heteroatoms. The van der Waals surface area contributed by atoms with Crippen LogP contribution < -0.4 is 16.4 Å². The molecule has 0 atom stereocenters. The van der Waals surface area contributed by atoms with Crippen molar-refractivity contribution in [3.05, 3.63) is 249 Å². The van der Waals surface area contributed by atoms with Crippen molar-refractivity contribution in [3.8, 4) is 33.6 Å². The van der Waals surface area contributed by atoms with Gasteiger partial charge in [-0.15, -0.1) is 0 Å². The van der Waals surface area contributed by atoms with E-state index in [9.17, 15) is 0 Å². The molecule has 378 valence electrons. The third kappa shape index (κ3) is 5.22. The molecule has 0 saturated heterocycles. The quantitative estimate of drug-likeness (QED) is 0.128. The maximum absolute atomic E-state index is 6.66. The average Bonchev–Trinajstić information content (AvgIpc) is 2.67. The molecule has 0 radical (unpaired) electrons. The number of hydrogen-bond donors (Lipinski definition) is 0. The molecular weight excluding hydrogens is 1010 g/mol. The van der Waals surface area contributed by atoms with E-state index in [2.05, 4.69) is 258 Å². The first-order chi connectivity index (χ1) is 41.2. The Morgan fingerprint density at radius 1 is 0.253 bits per heavy atom. The zero-order valence-electron chi connectivity index (χ0n) is 44.5. The van der Waals surface area contributed by atoms with Crippen molar-refractivity contribution in [2.24, 2.45) is 0 Å². The van der Waals surface area contributed by atoms with Gasteiger partial charge in [-0.3, -0.25) is 0 Å². The SMILES string of the molecule is c1cc2c3c(c1)-n1c4ccc5c6ccccc6c6ccccc6c5c4c4c5c6ccccc6c6ccccc6c5cc(c41)B3c1cc(-c3cccc4oc5ccccc5c34)cc3c4cc(-c5cccc6oc7ccccc7c56)ccc4n-2c13. The van der Waals surface area contributed by atoms with E-state index in [0.29, 0.717) is 0 Å². The lowest BCUT2D eigenvalue weighted by atomic mass is 9.34. The molecule has 0 aliphatic carbocycles. The average molecular weight is 1050 g/mol. The van der Waals surface area contributed by atoms with Crippen molar-refractivity contribution in [2.45, 2.75) is 0 Å². The molecule has 2 aliphatic heterocycles. The van der Waals surface area contributed by atoms with Gasteiger partial charge in [-0.2, -0.15) is 0 Å². The first-order valence-corrected chi connectivity index (χ1v) is 28.9. The molecule has 4 nitrogen and oxygen atoms in total. The smallest absolute Gasteiger partial charge is 0.252 e. The van der Waals surface area contributed by atoms with Gasteiger partial charge >= 0.3 is 0 Å². The lowest BCUT2D eigenvalue weighted by Crippen LogP contribution is -2.59. The van der Waals surface area contributed by atoms with Gasteiger partial charge in [-0.25, -0.2) is 0 Å². The van der Waals surface area contributed by atoms with E-state index in [0.717, 1.165) is 60.6 Å². The Kier molecular flexibility index (Phi) is 7.83. The summed E-state index contributed by atoms with van der Waals surface area (Å²) in [7, 11) is 0. The summed E-state index contributed by atoms with van der Waals surface area (Å²) in [5.41, 5.74) is 19.5. The lowest BCUT2D eigenvalue weighted by Gasteiger charge is -2.34. The second-order valence-corrected chi connectivity index (χ2v) is 23.2. The molecule has 0 saturated carbocycles. The number of rotatable bonds is 2. The molecule has 19 aromatic rings. The van der Waals surface area contributed by atoms with Crippen LogP contribution in [0.1, 0.15) is 0 Å². The minimum Gasteiger partial charge on any atom is -0.456 e. The summed E-state index contributed by atoms with van der Waals surface area (Å²) in [6, 6.07) is 93.2. The monoisotopic (exact) mass is 1050 g/mol. The second-order valence-electron chi connectivity index (χ2n) is 23.2. The highest BCUT2D eigenvalue weighted by molar-refractivity contribution is 7.00. The fourth-order valence-corrected chi connectivity index (χ4v) is 16.3. The minimum atomic E-state index is -0.135. The maximum Gasteiger partial charge on any atom is 0.252 e. The van der Waals surface area contributed by atoms with Crippen molar-refractivity contribution < 1.29 is 8.83 Å².